The maximum atomic E-state index is 10.5. The van der Waals surface area contributed by atoms with Crippen molar-refractivity contribution < 1.29 is 9.90 Å². The lowest BCUT2D eigenvalue weighted by Gasteiger charge is -2.05. The fraction of sp³-hybridized carbons (Fsp3) is 0.875. The summed E-state index contributed by atoms with van der Waals surface area (Å²) < 4.78 is 0. The Bertz CT molecular complexity index is 99.4. The van der Waals surface area contributed by atoms with E-state index < -0.39 is 6.10 Å². The van der Waals surface area contributed by atoms with Crippen LogP contribution in [0.5, 0.6) is 0 Å². The van der Waals surface area contributed by atoms with Gasteiger partial charge in [-0.3, -0.25) is 4.79 Å². The first-order valence-corrected chi connectivity index (χ1v) is 3.84. The molecule has 0 aromatic heterocycles. The number of ketones is 1. The van der Waals surface area contributed by atoms with Crippen LogP contribution in [-0.2, 0) is 4.79 Å². The summed E-state index contributed by atoms with van der Waals surface area (Å²) in [5.41, 5.74) is 0. The maximum absolute atomic E-state index is 10.5. The van der Waals surface area contributed by atoms with Crippen molar-refractivity contribution in [3.05, 3.63) is 0 Å². The summed E-state index contributed by atoms with van der Waals surface area (Å²) in [4.78, 5) is 10.5. The summed E-state index contributed by atoms with van der Waals surface area (Å²) >= 11 is 0. The van der Waals surface area contributed by atoms with Crippen LogP contribution in [0.25, 0.3) is 0 Å². The van der Waals surface area contributed by atoms with Crippen molar-refractivity contribution in [3.63, 3.8) is 0 Å². The average molecular weight is 144 g/mol. The van der Waals surface area contributed by atoms with Gasteiger partial charge in [0.1, 0.15) is 5.78 Å². The van der Waals surface area contributed by atoms with Gasteiger partial charge in [-0.1, -0.05) is 19.8 Å². The molecule has 1 atom stereocenters. The van der Waals surface area contributed by atoms with Crippen molar-refractivity contribution in [2.75, 3.05) is 0 Å². The van der Waals surface area contributed by atoms with Gasteiger partial charge in [0.25, 0.3) is 0 Å². The number of unbranched alkanes of at least 4 members (excludes halogenated alkanes) is 1. The molecule has 0 aliphatic carbocycles. The Morgan fingerprint density at radius 3 is 2.60 bits per heavy atom. The minimum Gasteiger partial charge on any atom is -0.393 e. The van der Waals surface area contributed by atoms with E-state index in [-0.39, 0.29) is 5.78 Å². The molecule has 0 saturated carbocycles. The number of hydrogen-bond donors (Lipinski definition) is 1. The summed E-state index contributed by atoms with van der Waals surface area (Å²) in [6.45, 7) is 3.58. The van der Waals surface area contributed by atoms with Crippen LogP contribution in [0.4, 0.5) is 0 Å². The van der Waals surface area contributed by atoms with Crippen molar-refractivity contribution in [2.45, 2.75) is 45.6 Å². The van der Waals surface area contributed by atoms with E-state index in [0.29, 0.717) is 6.42 Å². The third-order valence-electron chi connectivity index (χ3n) is 1.41. The quantitative estimate of drug-likeness (QED) is 0.635. The smallest absolute Gasteiger partial charge is 0.132 e. The van der Waals surface area contributed by atoms with Gasteiger partial charge < -0.3 is 5.11 Å². The molecule has 0 unspecified atom stereocenters. The second kappa shape index (κ2) is 5.42. The highest BCUT2D eigenvalue weighted by Gasteiger charge is 2.05. The molecule has 10 heavy (non-hydrogen) atoms. The number of Topliss-reactive ketones (excluding diaryl/α,β-unsaturated/α-hetero) is 1. The molecule has 0 radical (unpaired) electrons. The lowest BCUT2D eigenvalue weighted by atomic mass is 10.1. The van der Waals surface area contributed by atoms with Crippen molar-refractivity contribution >= 4 is 5.78 Å². The van der Waals surface area contributed by atoms with Crippen LogP contribution in [0.1, 0.15) is 39.5 Å². The standard InChI is InChI=1S/C8H16O2/c1-3-4-5-8(10)6-7(2)9/h8,10H,3-6H2,1-2H3/t8-/m0/s1. The summed E-state index contributed by atoms with van der Waals surface area (Å²) in [6, 6.07) is 0. The van der Waals surface area contributed by atoms with Gasteiger partial charge in [-0.25, -0.2) is 0 Å². The molecule has 2 heteroatoms. The maximum Gasteiger partial charge on any atom is 0.132 e. The van der Waals surface area contributed by atoms with Gasteiger partial charge in [0, 0.05) is 6.42 Å². The van der Waals surface area contributed by atoms with Crippen LogP contribution in [0, 0.1) is 0 Å². The van der Waals surface area contributed by atoms with E-state index in [0.717, 1.165) is 19.3 Å². The zero-order chi connectivity index (χ0) is 7.98. The SMILES string of the molecule is CCCC[C@H](O)CC(C)=O. The Morgan fingerprint density at radius 2 is 2.20 bits per heavy atom. The van der Waals surface area contributed by atoms with Crippen LogP contribution < -0.4 is 0 Å². The lowest BCUT2D eigenvalue weighted by Crippen LogP contribution is -2.10. The first kappa shape index (κ1) is 9.63. The first-order valence-electron chi connectivity index (χ1n) is 3.84. The summed E-state index contributed by atoms with van der Waals surface area (Å²) in [5.74, 6) is 0.0728. The van der Waals surface area contributed by atoms with Crippen molar-refractivity contribution in [3.8, 4) is 0 Å². The summed E-state index contributed by atoms with van der Waals surface area (Å²) in [7, 11) is 0. The monoisotopic (exact) mass is 144 g/mol. The molecular formula is C8H16O2. The molecule has 0 aromatic rings. The molecule has 0 amide bonds. The Morgan fingerprint density at radius 1 is 1.60 bits per heavy atom. The van der Waals surface area contributed by atoms with E-state index in [4.69, 9.17) is 5.11 Å². The fourth-order valence-corrected chi connectivity index (χ4v) is 0.874. The topological polar surface area (TPSA) is 37.3 Å². The molecule has 0 aromatic carbocycles. The van der Waals surface area contributed by atoms with Crippen molar-refractivity contribution in [1.29, 1.82) is 0 Å². The van der Waals surface area contributed by atoms with Gasteiger partial charge >= 0.3 is 0 Å². The van der Waals surface area contributed by atoms with Crippen LogP contribution >= 0.6 is 0 Å². The third kappa shape index (κ3) is 5.76. The number of aliphatic hydroxyl groups excluding tert-OH is 1. The van der Waals surface area contributed by atoms with Gasteiger partial charge in [-0.05, 0) is 13.3 Å². The second-order valence-electron chi connectivity index (χ2n) is 2.70. The van der Waals surface area contributed by atoms with Gasteiger partial charge in [0.15, 0.2) is 0 Å². The van der Waals surface area contributed by atoms with Crippen LogP contribution in [0.2, 0.25) is 0 Å². The molecule has 0 rings (SSSR count). The molecule has 0 fully saturated rings. The fourth-order valence-electron chi connectivity index (χ4n) is 0.874. The van der Waals surface area contributed by atoms with Gasteiger partial charge in [0.05, 0.1) is 6.10 Å². The summed E-state index contributed by atoms with van der Waals surface area (Å²) in [6.07, 6.45) is 2.76. The molecule has 0 aliphatic rings. The van der Waals surface area contributed by atoms with E-state index in [9.17, 15) is 4.79 Å². The minimum absolute atomic E-state index is 0.0728. The van der Waals surface area contributed by atoms with E-state index in [1.807, 2.05) is 0 Å². The largest absolute Gasteiger partial charge is 0.393 e. The number of aliphatic hydroxyl groups is 1. The van der Waals surface area contributed by atoms with Crippen LogP contribution in [0.15, 0.2) is 0 Å². The molecule has 2 nitrogen and oxygen atoms in total. The predicted molar refractivity (Wildman–Crippen MR) is 40.8 cm³/mol. The van der Waals surface area contributed by atoms with E-state index in [1.54, 1.807) is 0 Å². The number of hydrogen-bond acceptors (Lipinski definition) is 2. The molecular weight excluding hydrogens is 128 g/mol. The van der Waals surface area contributed by atoms with Crippen LogP contribution in [-0.4, -0.2) is 17.0 Å². The Balaban J connectivity index is 3.25. The Kier molecular flexibility index (Phi) is 5.22. The van der Waals surface area contributed by atoms with Gasteiger partial charge in [-0.2, -0.15) is 0 Å². The van der Waals surface area contributed by atoms with Gasteiger partial charge in [-0.15, -0.1) is 0 Å². The van der Waals surface area contributed by atoms with E-state index in [2.05, 4.69) is 6.92 Å². The molecule has 0 heterocycles. The molecule has 60 valence electrons. The number of carbonyl (C=O) groups is 1. The van der Waals surface area contributed by atoms with Crippen molar-refractivity contribution in [1.82, 2.24) is 0 Å². The highest BCUT2D eigenvalue weighted by Crippen LogP contribution is 2.03. The molecule has 0 saturated heterocycles. The number of rotatable bonds is 5. The zero-order valence-corrected chi connectivity index (χ0v) is 6.76. The number of carbonyl (C=O) groups excluding carboxylic acids is 1. The highest BCUT2D eigenvalue weighted by atomic mass is 16.3. The lowest BCUT2D eigenvalue weighted by molar-refractivity contribution is -0.118. The highest BCUT2D eigenvalue weighted by molar-refractivity contribution is 5.75. The second-order valence-corrected chi connectivity index (χ2v) is 2.70. The molecule has 0 aliphatic heterocycles. The van der Waals surface area contributed by atoms with Crippen molar-refractivity contribution in [2.24, 2.45) is 0 Å². The molecule has 0 spiro atoms. The average Bonchev–Trinajstić information content (AvgIpc) is 1.82. The molecule has 1 N–H and O–H groups in total. The van der Waals surface area contributed by atoms with Gasteiger partial charge in [0.2, 0.25) is 0 Å². The van der Waals surface area contributed by atoms with Crippen LogP contribution in [0.3, 0.4) is 0 Å². The summed E-state index contributed by atoms with van der Waals surface area (Å²) in [5, 5.41) is 9.13. The predicted octanol–water partition coefficient (Wildman–Crippen LogP) is 1.52. The zero-order valence-electron chi connectivity index (χ0n) is 6.76. The third-order valence-corrected chi connectivity index (χ3v) is 1.41. The van der Waals surface area contributed by atoms with E-state index >= 15 is 0 Å². The van der Waals surface area contributed by atoms with E-state index in [1.165, 1.54) is 6.92 Å². The molecule has 0 bridgehead atoms. The Labute approximate surface area is 62.2 Å². The normalized spacial score (nSPS) is 13.1. The first-order chi connectivity index (χ1) is 4.66. The Hall–Kier alpha value is -0.370. The minimum atomic E-state index is -0.405.